The van der Waals surface area contributed by atoms with Gasteiger partial charge in [0.05, 0.1) is 8.04 Å². The van der Waals surface area contributed by atoms with Crippen molar-refractivity contribution in [2.75, 3.05) is 5.32 Å². The molecule has 0 heterocycles. The van der Waals surface area contributed by atoms with Crippen LogP contribution in [0.3, 0.4) is 0 Å². The lowest BCUT2D eigenvalue weighted by atomic mass is 10.1. The van der Waals surface area contributed by atoms with Gasteiger partial charge in [-0.3, -0.25) is 4.79 Å². The third kappa shape index (κ3) is 6.94. The Balaban J connectivity index is 1.76. The van der Waals surface area contributed by atoms with E-state index in [9.17, 15) is 10.1 Å². The Kier molecular flexibility index (Phi) is 8.77. The van der Waals surface area contributed by atoms with Gasteiger partial charge < -0.3 is 10.1 Å². The van der Waals surface area contributed by atoms with Crippen molar-refractivity contribution in [3.63, 3.8) is 0 Å². The number of anilines is 1. The van der Waals surface area contributed by atoms with E-state index in [1.54, 1.807) is 24.3 Å². The van der Waals surface area contributed by atoms with E-state index in [-0.39, 0.29) is 5.57 Å². The number of amides is 1. The van der Waals surface area contributed by atoms with E-state index < -0.39 is 5.91 Å². The number of benzene rings is 3. The molecule has 1 N–H and O–H groups in total. The number of nitrogens with one attached hydrogen (secondary N) is 1. The highest BCUT2D eigenvalue weighted by Gasteiger charge is 2.13. The van der Waals surface area contributed by atoms with Crippen LogP contribution in [0.4, 0.5) is 5.69 Å². The van der Waals surface area contributed by atoms with Crippen molar-refractivity contribution in [2.45, 2.75) is 6.61 Å². The summed E-state index contributed by atoms with van der Waals surface area (Å²) in [4.78, 5) is 12.5. The average Bonchev–Trinajstić information content (AvgIpc) is 2.72. The van der Waals surface area contributed by atoms with Crippen molar-refractivity contribution in [1.29, 1.82) is 5.26 Å². The molecule has 0 saturated carbocycles. The van der Waals surface area contributed by atoms with Gasteiger partial charge in [-0.25, -0.2) is 0 Å². The van der Waals surface area contributed by atoms with Crippen LogP contribution in [0.15, 0.2) is 70.7 Å². The summed E-state index contributed by atoms with van der Waals surface area (Å²) in [5.41, 5.74) is 2.27. The van der Waals surface area contributed by atoms with E-state index in [1.165, 1.54) is 9.65 Å². The maximum atomic E-state index is 12.5. The number of rotatable bonds is 6. The predicted octanol–water partition coefficient (Wildman–Crippen LogP) is 7.44. The molecule has 0 aromatic heterocycles. The summed E-state index contributed by atoms with van der Waals surface area (Å²) in [6, 6.07) is 20.5. The number of hydrogen-bond acceptors (Lipinski definition) is 3. The lowest BCUT2D eigenvalue weighted by molar-refractivity contribution is -0.112. The van der Waals surface area contributed by atoms with Gasteiger partial charge in [-0.1, -0.05) is 29.8 Å². The van der Waals surface area contributed by atoms with E-state index in [2.05, 4.69) is 66.4 Å². The monoisotopic (exact) mass is 718 g/mol. The van der Waals surface area contributed by atoms with Crippen LogP contribution in [0.5, 0.6) is 5.75 Å². The Morgan fingerprint density at radius 2 is 1.90 bits per heavy atom. The van der Waals surface area contributed by atoms with Gasteiger partial charge in [-0.15, -0.1) is 0 Å². The van der Waals surface area contributed by atoms with Gasteiger partial charge in [-0.05, 0) is 121 Å². The van der Waals surface area contributed by atoms with E-state index in [0.29, 0.717) is 28.6 Å². The summed E-state index contributed by atoms with van der Waals surface area (Å²) in [5.74, 6) is 0.202. The summed E-state index contributed by atoms with van der Waals surface area (Å²) in [7, 11) is 0. The van der Waals surface area contributed by atoms with Crippen LogP contribution in [0, 0.1) is 18.5 Å². The molecule has 3 rings (SSSR count). The molecule has 0 fully saturated rings. The molecule has 0 aliphatic carbocycles. The first-order chi connectivity index (χ1) is 14.9. The third-order valence-corrected chi connectivity index (χ3v) is 6.42. The normalized spacial score (nSPS) is 11.0. The molecule has 1 amide bonds. The molecule has 0 saturated heterocycles. The lowest BCUT2D eigenvalue weighted by Crippen LogP contribution is -2.13. The summed E-state index contributed by atoms with van der Waals surface area (Å²) in [6.07, 6.45) is 1.54. The van der Waals surface area contributed by atoms with Crippen molar-refractivity contribution in [3.05, 3.63) is 94.0 Å². The Hall–Kier alpha value is -1.61. The van der Waals surface area contributed by atoms with E-state index in [0.717, 1.165) is 13.6 Å². The summed E-state index contributed by atoms with van der Waals surface area (Å²) in [6.45, 7) is 0.437. The second kappa shape index (κ2) is 11.3. The van der Waals surface area contributed by atoms with Crippen molar-refractivity contribution < 1.29 is 9.53 Å². The molecule has 156 valence electrons. The van der Waals surface area contributed by atoms with Gasteiger partial charge in [0.25, 0.3) is 5.91 Å². The highest BCUT2D eigenvalue weighted by Crippen LogP contribution is 2.33. The molecule has 0 spiro atoms. The maximum absolute atomic E-state index is 12.5. The van der Waals surface area contributed by atoms with Crippen molar-refractivity contribution in [3.8, 4) is 11.8 Å². The van der Waals surface area contributed by atoms with Crippen LogP contribution >= 0.6 is 72.7 Å². The zero-order chi connectivity index (χ0) is 22.4. The van der Waals surface area contributed by atoms with Crippen LogP contribution in [-0.2, 0) is 11.4 Å². The van der Waals surface area contributed by atoms with Gasteiger partial charge >= 0.3 is 0 Å². The van der Waals surface area contributed by atoms with Crippen LogP contribution in [0.2, 0.25) is 5.02 Å². The van der Waals surface area contributed by atoms with Crippen LogP contribution < -0.4 is 10.1 Å². The molecule has 3 aromatic carbocycles. The van der Waals surface area contributed by atoms with Gasteiger partial charge in [-0.2, -0.15) is 5.26 Å². The fraction of sp³-hybridized carbons (Fsp3) is 0.0435. The third-order valence-electron chi connectivity index (χ3n) is 4.08. The smallest absolute Gasteiger partial charge is 0.266 e. The van der Waals surface area contributed by atoms with Crippen molar-refractivity contribution >= 4 is 90.4 Å². The fourth-order valence-electron chi connectivity index (χ4n) is 2.62. The van der Waals surface area contributed by atoms with Gasteiger partial charge in [0.15, 0.2) is 0 Å². The zero-order valence-corrected chi connectivity index (χ0v) is 22.5. The molecule has 4 nitrogen and oxygen atoms in total. The highest BCUT2D eigenvalue weighted by molar-refractivity contribution is 14.1. The van der Waals surface area contributed by atoms with E-state index in [4.69, 9.17) is 16.3 Å². The van der Waals surface area contributed by atoms with Crippen molar-refractivity contribution in [2.24, 2.45) is 0 Å². The number of carbonyl (C=O) groups excluding carboxylic acids is 1. The Bertz CT molecular complexity index is 1170. The second-order valence-electron chi connectivity index (χ2n) is 6.36. The summed E-state index contributed by atoms with van der Waals surface area (Å²) in [5, 5.41) is 12.7. The first-order valence-electron chi connectivity index (χ1n) is 8.90. The minimum Gasteiger partial charge on any atom is -0.487 e. The fourth-order valence-corrected chi connectivity index (χ4v) is 4.94. The molecule has 0 atom stereocenters. The molecule has 0 radical (unpaired) electrons. The topological polar surface area (TPSA) is 62.1 Å². The SMILES string of the molecule is N#C/C(=C\c1cc(Br)c(OCc2ccc(I)cc2)c(I)c1)C(=O)Nc1cccc(Cl)c1. The second-order valence-corrected chi connectivity index (χ2v) is 10.1. The predicted molar refractivity (Wildman–Crippen MR) is 144 cm³/mol. The quantitative estimate of drug-likeness (QED) is 0.164. The summed E-state index contributed by atoms with van der Waals surface area (Å²) >= 11 is 13.9. The first-order valence-corrected chi connectivity index (χ1v) is 12.2. The average molecular weight is 720 g/mol. The Morgan fingerprint density at radius 3 is 2.55 bits per heavy atom. The van der Waals surface area contributed by atoms with Crippen LogP contribution in [-0.4, -0.2) is 5.91 Å². The molecule has 0 aliphatic rings. The number of carbonyl (C=O) groups is 1. The largest absolute Gasteiger partial charge is 0.487 e. The number of ether oxygens (including phenoxy) is 1. The maximum Gasteiger partial charge on any atom is 0.266 e. The highest BCUT2D eigenvalue weighted by atomic mass is 127. The summed E-state index contributed by atoms with van der Waals surface area (Å²) < 4.78 is 8.75. The standard InChI is InChI=1S/C23H14BrClI2N2O2/c24-20-9-15(8-16(12-28)23(30)29-19-3-1-2-17(25)11-19)10-21(27)22(20)31-13-14-4-6-18(26)7-5-14/h1-11H,13H2,(H,29,30)/b16-8+. The van der Waals surface area contributed by atoms with Crippen LogP contribution in [0.1, 0.15) is 11.1 Å². The molecule has 31 heavy (non-hydrogen) atoms. The van der Waals surface area contributed by atoms with E-state index in [1.807, 2.05) is 42.5 Å². The molecule has 0 unspecified atom stereocenters. The van der Waals surface area contributed by atoms with Crippen LogP contribution in [0.25, 0.3) is 6.08 Å². The van der Waals surface area contributed by atoms with E-state index >= 15 is 0 Å². The van der Waals surface area contributed by atoms with Gasteiger partial charge in [0.2, 0.25) is 0 Å². The molecule has 0 aliphatic heterocycles. The minimum atomic E-state index is -0.505. The lowest BCUT2D eigenvalue weighted by Gasteiger charge is -2.12. The number of halogens is 4. The molecular weight excluding hydrogens is 705 g/mol. The first kappa shape index (κ1) is 24.0. The van der Waals surface area contributed by atoms with Gasteiger partial charge in [0.1, 0.15) is 24.0 Å². The molecule has 0 bridgehead atoms. The zero-order valence-electron chi connectivity index (χ0n) is 15.8. The number of nitrogens with zero attached hydrogens (tertiary/aromatic N) is 1. The van der Waals surface area contributed by atoms with Crippen molar-refractivity contribution in [1.82, 2.24) is 0 Å². The minimum absolute atomic E-state index is 0.0183. The molecule has 3 aromatic rings. The Labute approximate surface area is 221 Å². The Morgan fingerprint density at radius 1 is 1.16 bits per heavy atom. The molecular formula is C23H14BrClI2N2O2. The molecule has 8 heteroatoms. The number of nitriles is 1. The number of hydrogen-bond donors (Lipinski definition) is 1. The van der Waals surface area contributed by atoms with Gasteiger partial charge in [0, 0.05) is 14.3 Å².